The van der Waals surface area contributed by atoms with Gasteiger partial charge in [0.1, 0.15) is 5.65 Å². The Morgan fingerprint density at radius 1 is 1.21 bits per heavy atom. The van der Waals surface area contributed by atoms with Crippen molar-refractivity contribution in [1.82, 2.24) is 24.6 Å². The number of aryl methyl sites for hydroxylation is 1. The van der Waals surface area contributed by atoms with Crippen LogP contribution in [-0.4, -0.2) is 50.8 Å². The Morgan fingerprint density at radius 3 is 2.82 bits per heavy atom. The average molecular weight is 440 g/mol. The second kappa shape index (κ2) is 8.10. The van der Waals surface area contributed by atoms with Crippen LogP contribution in [0.2, 0.25) is 5.31 Å². The number of fused-ring (bicyclic) bond motifs is 2. The maximum atomic E-state index is 12.6. The number of pyridine rings is 1. The van der Waals surface area contributed by atoms with Crippen molar-refractivity contribution in [1.29, 1.82) is 0 Å². The molecule has 1 aliphatic rings. The number of H-pyrrole nitrogens is 1. The molecule has 0 fully saturated rings. The molecule has 4 aromatic rings. The molecule has 1 amide bonds. The Morgan fingerprint density at radius 2 is 2.06 bits per heavy atom. The van der Waals surface area contributed by atoms with Gasteiger partial charge in [0.25, 0.3) is 0 Å². The van der Waals surface area contributed by atoms with Crippen LogP contribution in [0.15, 0.2) is 48.8 Å². The van der Waals surface area contributed by atoms with Crippen molar-refractivity contribution < 1.29 is 4.79 Å². The summed E-state index contributed by atoms with van der Waals surface area (Å²) >= 11 is 0. The zero-order valence-corrected chi connectivity index (χ0v) is 19.6. The maximum absolute atomic E-state index is 12.6. The van der Waals surface area contributed by atoms with Crippen LogP contribution in [-0.2, 0) is 7.05 Å². The third kappa shape index (κ3) is 4.38. The molecule has 3 aromatic heterocycles. The number of aromatic amines is 1. The van der Waals surface area contributed by atoms with E-state index in [0.717, 1.165) is 52.0 Å². The minimum Gasteiger partial charge on any atom is -0.355 e. The molecular formula is C25H29BN6O. The number of nitrogens with one attached hydrogen (secondary N) is 2. The normalized spacial score (nSPS) is 14.5. The molecule has 5 rings (SSSR count). The SMILES string of the molecule is Cn1ncc2cc(Nc3ccnc4[nH]c(C5=CCN(C(=O)BC(C)(C)C)CC5)cc34)ccc21. The number of carbonyl (C=O) groups is 1. The van der Waals surface area contributed by atoms with Crippen molar-refractivity contribution in [3.63, 3.8) is 0 Å². The quantitative estimate of drug-likeness (QED) is 0.435. The number of aromatic nitrogens is 4. The van der Waals surface area contributed by atoms with Gasteiger partial charge in [-0.05, 0) is 42.3 Å². The number of anilines is 2. The Bertz CT molecular complexity index is 1380. The standard InChI is InChI=1S/C25H29BN6O/c1-25(2,3)26-24(33)32-11-8-16(9-12-32)21-14-19-20(7-10-27-23(19)30-21)29-18-5-6-22-17(13-18)15-28-31(22)4/h5-8,10,13-15,26H,9,11-12H2,1-4H3,(H2,27,29,30). The van der Waals surface area contributed by atoms with Gasteiger partial charge in [0, 0.05) is 48.5 Å². The zero-order chi connectivity index (χ0) is 23.2. The van der Waals surface area contributed by atoms with Crippen LogP contribution in [0, 0.1) is 0 Å². The summed E-state index contributed by atoms with van der Waals surface area (Å²) in [5.41, 5.74) is 6.26. The van der Waals surface area contributed by atoms with Gasteiger partial charge in [0.2, 0.25) is 7.28 Å². The van der Waals surface area contributed by atoms with Gasteiger partial charge in [0.15, 0.2) is 5.81 Å². The average Bonchev–Trinajstić information content (AvgIpc) is 3.37. The summed E-state index contributed by atoms with van der Waals surface area (Å²) in [5.74, 6) is 0.230. The molecule has 0 saturated heterocycles. The minimum atomic E-state index is 0.00881. The summed E-state index contributed by atoms with van der Waals surface area (Å²) in [6.07, 6.45) is 6.69. The molecule has 1 aliphatic heterocycles. The smallest absolute Gasteiger partial charge is 0.239 e. The molecule has 7 nitrogen and oxygen atoms in total. The van der Waals surface area contributed by atoms with Gasteiger partial charge in [-0.3, -0.25) is 9.48 Å². The van der Waals surface area contributed by atoms with Gasteiger partial charge in [-0.25, -0.2) is 4.98 Å². The maximum Gasteiger partial charge on any atom is 0.239 e. The first kappa shape index (κ1) is 21.3. The summed E-state index contributed by atoms with van der Waals surface area (Å²) in [4.78, 5) is 22.5. The van der Waals surface area contributed by atoms with Crippen molar-refractivity contribution >= 4 is 52.0 Å². The number of rotatable bonds is 4. The number of hydrogen-bond acceptors (Lipinski definition) is 4. The van der Waals surface area contributed by atoms with E-state index in [4.69, 9.17) is 0 Å². The Kier molecular flexibility index (Phi) is 5.23. The fourth-order valence-corrected chi connectivity index (χ4v) is 4.41. The Balaban J connectivity index is 1.37. The summed E-state index contributed by atoms with van der Waals surface area (Å²) in [6, 6.07) is 10.4. The molecule has 2 N–H and O–H groups in total. The van der Waals surface area contributed by atoms with Crippen molar-refractivity contribution in [3.05, 3.63) is 54.5 Å². The van der Waals surface area contributed by atoms with E-state index >= 15 is 0 Å². The highest BCUT2D eigenvalue weighted by Crippen LogP contribution is 2.31. The van der Waals surface area contributed by atoms with Crippen LogP contribution in [0.3, 0.4) is 0 Å². The lowest BCUT2D eigenvalue weighted by Crippen LogP contribution is -2.39. The topological polar surface area (TPSA) is 78.8 Å². The first-order valence-electron chi connectivity index (χ1n) is 11.4. The van der Waals surface area contributed by atoms with Gasteiger partial charge >= 0.3 is 0 Å². The molecule has 0 unspecified atom stereocenters. The van der Waals surface area contributed by atoms with E-state index < -0.39 is 0 Å². The molecule has 1 aromatic carbocycles. The van der Waals surface area contributed by atoms with Crippen LogP contribution in [0.4, 0.5) is 16.2 Å². The van der Waals surface area contributed by atoms with Gasteiger partial charge in [-0.1, -0.05) is 32.2 Å². The summed E-state index contributed by atoms with van der Waals surface area (Å²) < 4.78 is 1.87. The Labute approximate surface area is 194 Å². The molecule has 8 heteroatoms. The van der Waals surface area contributed by atoms with E-state index in [2.05, 4.69) is 71.5 Å². The lowest BCUT2D eigenvalue weighted by Gasteiger charge is -2.28. The molecule has 0 aliphatic carbocycles. The highest BCUT2D eigenvalue weighted by molar-refractivity contribution is 6.75. The van der Waals surface area contributed by atoms with Gasteiger partial charge in [0.05, 0.1) is 17.4 Å². The number of carbonyl (C=O) groups excluding carboxylic acids is 1. The third-order valence-electron chi connectivity index (χ3n) is 6.15. The molecule has 0 spiro atoms. The van der Waals surface area contributed by atoms with Crippen molar-refractivity contribution in [2.45, 2.75) is 32.5 Å². The zero-order valence-electron chi connectivity index (χ0n) is 19.6. The summed E-state index contributed by atoms with van der Waals surface area (Å²) in [7, 11) is 2.52. The lowest BCUT2D eigenvalue weighted by molar-refractivity contribution is 0.225. The fraction of sp³-hybridized carbons (Fsp3) is 0.320. The summed E-state index contributed by atoms with van der Waals surface area (Å²) in [6.45, 7) is 7.72. The molecule has 168 valence electrons. The second-order valence-electron chi connectivity index (χ2n) is 10.0. The second-order valence-corrected chi connectivity index (χ2v) is 10.0. The number of benzene rings is 1. The van der Waals surface area contributed by atoms with E-state index in [-0.39, 0.29) is 11.1 Å². The van der Waals surface area contributed by atoms with Gasteiger partial charge < -0.3 is 15.2 Å². The van der Waals surface area contributed by atoms with E-state index in [9.17, 15) is 4.79 Å². The molecule has 0 atom stereocenters. The molecular weight excluding hydrogens is 411 g/mol. The summed E-state index contributed by atoms with van der Waals surface area (Å²) in [5, 5.41) is 10.0. The molecule has 0 radical (unpaired) electrons. The van der Waals surface area contributed by atoms with Crippen LogP contribution >= 0.6 is 0 Å². The Hall–Kier alpha value is -3.55. The van der Waals surface area contributed by atoms with E-state index in [1.54, 1.807) is 0 Å². The molecule has 33 heavy (non-hydrogen) atoms. The first-order valence-corrected chi connectivity index (χ1v) is 11.4. The molecule has 0 bridgehead atoms. The highest BCUT2D eigenvalue weighted by Gasteiger charge is 2.25. The number of amides is 1. The largest absolute Gasteiger partial charge is 0.355 e. The van der Waals surface area contributed by atoms with Crippen LogP contribution in [0.25, 0.3) is 27.5 Å². The van der Waals surface area contributed by atoms with Crippen LogP contribution in [0.5, 0.6) is 0 Å². The van der Waals surface area contributed by atoms with Crippen LogP contribution in [0.1, 0.15) is 32.9 Å². The van der Waals surface area contributed by atoms with E-state index in [1.807, 2.05) is 35.1 Å². The van der Waals surface area contributed by atoms with Crippen molar-refractivity contribution in [2.24, 2.45) is 7.05 Å². The predicted molar refractivity (Wildman–Crippen MR) is 137 cm³/mol. The number of hydrogen-bond donors (Lipinski definition) is 2. The van der Waals surface area contributed by atoms with Gasteiger partial charge in [-0.2, -0.15) is 5.10 Å². The number of nitrogens with zero attached hydrogens (tertiary/aromatic N) is 4. The van der Waals surface area contributed by atoms with Crippen molar-refractivity contribution in [3.8, 4) is 0 Å². The van der Waals surface area contributed by atoms with Crippen molar-refractivity contribution in [2.75, 3.05) is 18.4 Å². The first-order chi connectivity index (χ1) is 15.8. The van der Waals surface area contributed by atoms with Crippen LogP contribution < -0.4 is 5.32 Å². The monoisotopic (exact) mass is 440 g/mol. The fourth-order valence-electron chi connectivity index (χ4n) is 4.41. The van der Waals surface area contributed by atoms with Gasteiger partial charge in [-0.15, -0.1) is 0 Å². The third-order valence-corrected chi connectivity index (χ3v) is 6.15. The molecule has 4 heterocycles. The van der Waals surface area contributed by atoms with E-state index in [0.29, 0.717) is 13.8 Å². The lowest BCUT2D eigenvalue weighted by atomic mass is 9.54. The minimum absolute atomic E-state index is 0.00881. The molecule has 0 saturated carbocycles. The predicted octanol–water partition coefficient (Wildman–Crippen LogP) is 5.06. The van der Waals surface area contributed by atoms with E-state index in [1.165, 1.54) is 5.57 Å². The highest BCUT2D eigenvalue weighted by atomic mass is 16.2.